The molecule has 0 bridgehead atoms. The molecule has 1 aliphatic carbocycles. The lowest BCUT2D eigenvalue weighted by atomic mass is 9.78. The average molecular weight is 649 g/mol. The lowest BCUT2D eigenvalue weighted by Crippen LogP contribution is -2.50. The number of pyridine rings is 2. The highest BCUT2D eigenvalue weighted by Gasteiger charge is 2.28. The molecule has 12 heteroatoms. The van der Waals surface area contributed by atoms with Gasteiger partial charge in [0.25, 0.3) is 0 Å². The normalized spacial score (nSPS) is 19.9. The summed E-state index contributed by atoms with van der Waals surface area (Å²) in [6.07, 6.45) is 7.66. The van der Waals surface area contributed by atoms with Gasteiger partial charge in [0.15, 0.2) is 0 Å². The van der Waals surface area contributed by atoms with Crippen LogP contribution >= 0.6 is 0 Å². The second kappa shape index (κ2) is 14.2. The quantitative estimate of drug-likeness (QED) is 0.232. The highest BCUT2D eigenvalue weighted by atomic mass is 16.3. The van der Waals surface area contributed by atoms with Gasteiger partial charge in [0, 0.05) is 86.0 Å². The summed E-state index contributed by atoms with van der Waals surface area (Å²) in [6.45, 7) is 2.41. The molecule has 0 radical (unpaired) electrons. The van der Waals surface area contributed by atoms with Crippen LogP contribution in [-0.4, -0.2) is 90.5 Å². The SMILES string of the molecule is O=C(Cc1cc(N2CC(O)C2)ccn1)Cc1ccc([C@H]2CCC[C@H](c3ccc(CC(=O)Cc4cc(N5CC(O)C5)ccn4)nn3)C2)nn1. The third-order valence-corrected chi connectivity index (χ3v) is 9.56. The lowest BCUT2D eigenvalue weighted by Gasteiger charge is -2.37. The van der Waals surface area contributed by atoms with Crippen LogP contribution in [0.4, 0.5) is 11.4 Å². The zero-order valence-corrected chi connectivity index (χ0v) is 26.9. The van der Waals surface area contributed by atoms with Crippen molar-refractivity contribution in [2.24, 2.45) is 0 Å². The molecule has 0 unspecified atom stereocenters. The van der Waals surface area contributed by atoms with Gasteiger partial charge in [-0.05, 0) is 67.8 Å². The molecular formula is C36H40N8O4. The van der Waals surface area contributed by atoms with Gasteiger partial charge in [-0.15, -0.1) is 0 Å². The number of Topliss-reactive ketones (excluding diaryl/α,β-unsaturated/α-hetero) is 2. The molecule has 7 rings (SSSR count). The smallest absolute Gasteiger partial charge is 0.144 e. The molecule has 4 aromatic rings. The first-order valence-electron chi connectivity index (χ1n) is 16.8. The fourth-order valence-corrected chi connectivity index (χ4v) is 6.87. The Morgan fingerprint density at radius 1 is 0.604 bits per heavy atom. The Kier molecular flexibility index (Phi) is 9.44. The summed E-state index contributed by atoms with van der Waals surface area (Å²) in [6, 6.07) is 15.4. The predicted molar refractivity (Wildman–Crippen MR) is 178 cm³/mol. The molecule has 2 aliphatic heterocycles. The number of nitrogens with zero attached hydrogens (tertiary/aromatic N) is 8. The second-order valence-corrected chi connectivity index (χ2v) is 13.4. The number of carbonyl (C=O) groups excluding carboxylic acids is 2. The molecule has 12 nitrogen and oxygen atoms in total. The molecule has 0 spiro atoms. The summed E-state index contributed by atoms with van der Waals surface area (Å²) in [5, 5.41) is 37.0. The van der Waals surface area contributed by atoms with Crippen LogP contribution in [0.3, 0.4) is 0 Å². The Labute approximate surface area is 279 Å². The van der Waals surface area contributed by atoms with Gasteiger partial charge in [-0.2, -0.15) is 20.4 Å². The van der Waals surface area contributed by atoms with Gasteiger partial charge in [0.1, 0.15) is 11.6 Å². The zero-order chi connectivity index (χ0) is 33.0. The summed E-state index contributed by atoms with van der Waals surface area (Å²) in [7, 11) is 0. The van der Waals surface area contributed by atoms with Gasteiger partial charge in [0.2, 0.25) is 0 Å². The number of ketones is 2. The standard InChI is InChI=1S/C36H40N8O4/c45-31(17-27-13-29(8-10-37-27)43-19-33(47)20-43)15-25-4-6-35(41-39-25)23-2-1-3-24(12-23)36-7-5-26(40-42-36)16-32(46)18-28-14-30(9-11-38-28)44-21-34(48)22-44/h4-11,13-14,23-24,33-34,47-48H,1-3,12,15-22H2/t23-,24-/m0/s1. The molecule has 248 valence electrons. The zero-order valence-electron chi connectivity index (χ0n) is 26.9. The average Bonchev–Trinajstić information content (AvgIpc) is 3.06. The molecule has 48 heavy (non-hydrogen) atoms. The Balaban J connectivity index is 0.891. The van der Waals surface area contributed by atoms with Crippen molar-refractivity contribution in [3.8, 4) is 0 Å². The van der Waals surface area contributed by atoms with Crippen LogP contribution in [0.5, 0.6) is 0 Å². The van der Waals surface area contributed by atoms with Crippen LogP contribution in [0.15, 0.2) is 60.9 Å². The number of anilines is 2. The van der Waals surface area contributed by atoms with E-state index in [4.69, 9.17) is 0 Å². The van der Waals surface area contributed by atoms with Gasteiger partial charge in [-0.3, -0.25) is 19.6 Å². The third-order valence-electron chi connectivity index (χ3n) is 9.56. The number of carbonyl (C=O) groups is 2. The van der Waals surface area contributed by atoms with E-state index in [2.05, 4.69) is 40.2 Å². The van der Waals surface area contributed by atoms with E-state index >= 15 is 0 Å². The van der Waals surface area contributed by atoms with Crippen molar-refractivity contribution in [3.05, 3.63) is 95.1 Å². The molecule has 0 aromatic carbocycles. The maximum Gasteiger partial charge on any atom is 0.144 e. The molecule has 3 aliphatic rings. The first-order chi connectivity index (χ1) is 23.3. The van der Waals surface area contributed by atoms with Crippen molar-refractivity contribution < 1.29 is 19.8 Å². The minimum atomic E-state index is -0.292. The number of aliphatic hydroxyl groups is 2. The van der Waals surface area contributed by atoms with E-state index in [1.807, 2.05) is 48.5 Å². The highest BCUT2D eigenvalue weighted by Crippen LogP contribution is 2.40. The largest absolute Gasteiger partial charge is 0.389 e. The first-order valence-corrected chi connectivity index (χ1v) is 16.8. The van der Waals surface area contributed by atoms with Crippen molar-refractivity contribution in [2.45, 2.75) is 75.4 Å². The van der Waals surface area contributed by atoms with E-state index in [0.717, 1.165) is 48.4 Å². The summed E-state index contributed by atoms with van der Waals surface area (Å²) in [4.78, 5) is 38.4. The van der Waals surface area contributed by atoms with Crippen LogP contribution in [0.25, 0.3) is 0 Å². The van der Waals surface area contributed by atoms with E-state index < -0.39 is 0 Å². The van der Waals surface area contributed by atoms with Crippen LogP contribution in [-0.2, 0) is 35.3 Å². The van der Waals surface area contributed by atoms with E-state index in [-0.39, 0.29) is 61.3 Å². The third kappa shape index (κ3) is 7.71. The van der Waals surface area contributed by atoms with Gasteiger partial charge in [-0.25, -0.2) is 0 Å². The number of aliphatic hydroxyl groups excluding tert-OH is 2. The number of hydrogen-bond acceptors (Lipinski definition) is 12. The number of aromatic nitrogens is 6. The van der Waals surface area contributed by atoms with Crippen LogP contribution in [0.1, 0.15) is 71.7 Å². The maximum absolute atomic E-state index is 12.8. The maximum atomic E-state index is 12.8. The predicted octanol–water partition coefficient (Wildman–Crippen LogP) is 2.57. The lowest BCUT2D eigenvalue weighted by molar-refractivity contribution is -0.118. The molecule has 2 saturated heterocycles. The Bertz CT molecular complexity index is 1610. The van der Waals surface area contributed by atoms with Crippen LogP contribution < -0.4 is 9.80 Å². The Morgan fingerprint density at radius 2 is 1.04 bits per heavy atom. The van der Waals surface area contributed by atoms with Crippen molar-refractivity contribution in [1.82, 2.24) is 30.4 Å². The highest BCUT2D eigenvalue weighted by molar-refractivity contribution is 5.83. The van der Waals surface area contributed by atoms with Gasteiger partial charge in [-0.1, -0.05) is 6.42 Å². The van der Waals surface area contributed by atoms with Gasteiger partial charge < -0.3 is 20.0 Å². The molecule has 6 heterocycles. The van der Waals surface area contributed by atoms with Crippen molar-refractivity contribution in [3.63, 3.8) is 0 Å². The molecule has 4 aromatic heterocycles. The van der Waals surface area contributed by atoms with E-state index in [1.165, 1.54) is 0 Å². The number of rotatable bonds is 12. The van der Waals surface area contributed by atoms with Crippen LogP contribution in [0.2, 0.25) is 0 Å². The summed E-state index contributed by atoms with van der Waals surface area (Å²) >= 11 is 0. The summed E-state index contributed by atoms with van der Waals surface area (Å²) in [5.41, 5.74) is 6.52. The van der Waals surface area contributed by atoms with Crippen LogP contribution in [0, 0.1) is 0 Å². The fourth-order valence-electron chi connectivity index (χ4n) is 6.87. The monoisotopic (exact) mass is 648 g/mol. The topological polar surface area (TPSA) is 158 Å². The van der Waals surface area contributed by atoms with Gasteiger partial charge >= 0.3 is 0 Å². The molecule has 1 saturated carbocycles. The minimum Gasteiger partial charge on any atom is -0.389 e. The van der Waals surface area contributed by atoms with Gasteiger partial charge in [0.05, 0.1) is 47.8 Å². The van der Waals surface area contributed by atoms with E-state index in [1.54, 1.807) is 12.4 Å². The molecule has 2 atom stereocenters. The van der Waals surface area contributed by atoms with Crippen molar-refractivity contribution >= 4 is 22.9 Å². The Hall–Kier alpha value is -4.68. The first kappa shape index (κ1) is 31.9. The second-order valence-electron chi connectivity index (χ2n) is 13.4. The molecule has 0 amide bonds. The fraction of sp³-hybridized carbons (Fsp3) is 0.444. The summed E-state index contributed by atoms with van der Waals surface area (Å²) < 4.78 is 0. The van der Waals surface area contributed by atoms with E-state index in [9.17, 15) is 19.8 Å². The van der Waals surface area contributed by atoms with E-state index in [0.29, 0.717) is 49.0 Å². The molecule has 3 fully saturated rings. The number of β-amino-alcohol motifs (C(OH)–C–C–N with tert-alkyl or cyclic N) is 2. The van der Waals surface area contributed by atoms with Crippen molar-refractivity contribution in [1.29, 1.82) is 0 Å². The Morgan fingerprint density at radius 3 is 1.44 bits per heavy atom. The molecular weight excluding hydrogens is 608 g/mol. The van der Waals surface area contributed by atoms with Crippen molar-refractivity contribution in [2.75, 3.05) is 36.0 Å². The minimum absolute atomic E-state index is 0.0290. The molecule has 2 N–H and O–H groups in total. The summed E-state index contributed by atoms with van der Waals surface area (Å²) in [5.74, 6) is 0.556. The number of hydrogen-bond donors (Lipinski definition) is 2.